The number of thioether (sulfide) groups is 1. The van der Waals surface area contributed by atoms with Crippen molar-refractivity contribution < 1.29 is 19.0 Å². The van der Waals surface area contributed by atoms with Crippen LogP contribution in [0.3, 0.4) is 0 Å². The lowest BCUT2D eigenvalue weighted by Crippen LogP contribution is -2.50. The number of anilines is 1. The van der Waals surface area contributed by atoms with Gasteiger partial charge in [-0.1, -0.05) is 12.1 Å². The van der Waals surface area contributed by atoms with E-state index < -0.39 is 23.1 Å². The first-order chi connectivity index (χ1) is 19.3. The SMILES string of the molecule is CN1CCN(c2ccc(-c3cnc4cccc(-c5cc(F)c(C(O)(O)N6CCSCC6)c(F)c5)c4n3)cn2)CC1. The van der Waals surface area contributed by atoms with Gasteiger partial charge in [-0.25, -0.2) is 23.6 Å². The number of para-hydroxylation sites is 1. The average Bonchev–Trinajstić information content (AvgIpc) is 2.97. The number of nitrogens with zero attached hydrogens (tertiary/aromatic N) is 6. The first kappa shape index (κ1) is 27.0. The molecule has 0 aliphatic carbocycles. The van der Waals surface area contributed by atoms with Gasteiger partial charge in [-0.3, -0.25) is 4.98 Å². The minimum Gasteiger partial charge on any atom is -0.354 e. The number of likely N-dealkylation sites (N-methyl/N-ethyl adjacent to an activating group) is 1. The smallest absolute Gasteiger partial charge is 0.259 e. The summed E-state index contributed by atoms with van der Waals surface area (Å²) in [5.41, 5.74) is 2.34. The predicted molar refractivity (Wildman–Crippen MR) is 153 cm³/mol. The third kappa shape index (κ3) is 5.15. The van der Waals surface area contributed by atoms with Crippen molar-refractivity contribution in [3.63, 3.8) is 0 Å². The third-order valence-corrected chi connectivity index (χ3v) is 8.53. The van der Waals surface area contributed by atoms with Gasteiger partial charge < -0.3 is 20.0 Å². The molecule has 0 spiro atoms. The molecule has 0 saturated carbocycles. The molecule has 0 bridgehead atoms. The molecule has 2 aliphatic heterocycles. The third-order valence-electron chi connectivity index (χ3n) is 7.58. The van der Waals surface area contributed by atoms with Crippen molar-refractivity contribution in [3.05, 3.63) is 72.1 Å². The van der Waals surface area contributed by atoms with Gasteiger partial charge in [-0.15, -0.1) is 0 Å². The predicted octanol–water partition coefficient (Wildman–Crippen LogP) is 3.53. The molecule has 0 radical (unpaired) electrons. The van der Waals surface area contributed by atoms with Crippen LogP contribution in [0.4, 0.5) is 14.6 Å². The molecule has 4 aromatic rings. The Morgan fingerprint density at radius 3 is 2.25 bits per heavy atom. The number of benzene rings is 2. The molecule has 0 atom stereocenters. The van der Waals surface area contributed by atoms with Crippen molar-refractivity contribution in [2.75, 3.05) is 62.7 Å². The van der Waals surface area contributed by atoms with Crippen LogP contribution in [0.15, 0.2) is 54.9 Å². The standard InChI is InChI=1S/C29H30F2N6O2S/c1-35-7-9-36(10-8-35)26-6-5-19(17-33-26)25-18-32-24-4-2-3-21(28(24)34-25)20-15-22(30)27(23(31)16-20)29(38,39)37-11-13-40-14-12-37/h2-6,15-18,38-39H,7-14H2,1H3. The summed E-state index contributed by atoms with van der Waals surface area (Å²) in [5.74, 6) is -2.62. The van der Waals surface area contributed by atoms with Crippen molar-refractivity contribution in [1.29, 1.82) is 0 Å². The summed E-state index contributed by atoms with van der Waals surface area (Å²) >= 11 is 1.65. The zero-order chi connectivity index (χ0) is 27.9. The van der Waals surface area contributed by atoms with Crippen LogP contribution in [0.2, 0.25) is 0 Å². The van der Waals surface area contributed by atoms with Crippen LogP contribution in [0.5, 0.6) is 0 Å². The van der Waals surface area contributed by atoms with E-state index >= 15 is 8.78 Å². The molecule has 6 rings (SSSR count). The quantitative estimate of drug-likeness (QED) is 0.354. The Kier molecular flexibility index (Phi) is 7.41. The van der Waals surface area contributed by atoms with Crippen LogP contribution >= 0.6 is 11.8 Å². The molecule has 2 aromatic carbocycles. The number of hydrogen-bond acceptors (Lipinski definition) is 9. The van der Waals surface area contributed by atoms with E-state index in [-0.39, 0.29) is 5.56 Å². The van der Waals surface area contributed by atoms with E-state index in [1.807, 2.05) is 12.1 Å². The van der Waals surface area contributed by atoms with Crippen LogP contribution in [0, 0.1) is 11.6 Å². The summed E-state index contributed by atoms with van der Waals surface area (Å²) in [4.78, 5) is 19.8. The molecular formula is C29H30F2N6O2S. The van der Waals surface area contributed by atoms with E-state index in [4.69, 9.17) is 4.98 Å². The van der Waals surface area contributed by atoms with E-state index in [0.29, 0.717) is 46.9 Å². The van der Waals surface area contributed by atoms with Gasteiger partial charge in [0.05, 0.1) is 28.5 Å². The maximum absolute atomic E-state index is 15.4. The fraction of sp³-hybridized carbons (Fsp3) is 0.345. The zero-order valence-electron chi connectivity index (χ0n) is 22.1. The first-order valence-electron chi connectivity index (χ1n) is 13.2. The van der Waals surface area contributed by atoms with Crippen LogP contribution < -0.4 is 4.90 Å². The highest BCUT2D eigenvalue weighted by Gasteiger charge is 2.40. The molecule has 0 unspecified atom stereocenters. The topological polar surface area (TPSA) is 88.9 Å². The van der Waals surface area contributed by atoms with Crippen molar-refractivity contribution in [3.8, 4) is 22.4 Å². The Hall–Kier alpha value is -3.22. The Labute approximate surface area is 235 Å². The molecule has 2 N–H and O–H groups in total. The highest BCUT2D eigenvalue weighted by atomic mass is 32.2. The molecule has 40 heavy (non-hydrogen) atoms. The second-order valence-electron chi connectivity index (χ2n) is 10.2. The van der Waals surface area contributed by atoms with Crippen molar-refractivity contribution in [2.45, 2.75) is 5.91 Å². The van der Waals surface area contributed by atoms with Crippen molar-refractivity contribution >= 4 is 28.6 Å². The molecule has 2 aliphatic rings. The van der Waals surface area contributed by atoms with E-state index in [9.17, 15) is 10.2 Å². The molecule has 11 heteroatoms. The lowest BCUT2D eigenvalue weighted by atomic mass is 9.99. The van der Waals surface area contributed by atoms with E-state index in [1.54, 1.807) is 42.4 Å². The second-order valence-corrected chi connectivity index (χ2v) is 11.4. The van der Waals surface area contributed by atoms with Gasteiger partial charge in [0, 0.05) is 68.1 Å². The zero-order valence-corrected chi connectivity index (χ0v) is 22.9. The second kappa shape index (κ2) is 11.0. The monoisotopic (exact) mass is 564 g/mol. The molecule has 2 fully saturated rings. The molecule has 8 nitrogen and oxygen atoms in total. The number of hydrogen-bond donors (Lipinski definition) is 2. The highest BCUT2D eigenvalue weighted by molar-refractivity contribution is 7.99. The number of aliphatic hydroxyl groups is 2. The minimum atomic E-state index is -2.75. The summed E-state index contributed by atoms with van der Waals surface area (Å²) in [6.07, 6.45) is 3.42. The van der Waals surface area contributed by atoms with Gasteiger partial charge in [-0.2, -0.15) is 11.8 Å². The van der Waals surface area contributed by atoms with Gasteiger partial charge >= 0.3 is 0 Å². The van der Waals surface area contributed by atoms with Crippen LogP contribution in [0.25, 0.3) is 33.4 Å². The fourth-order valence-electron chi connectivity index (χ4n) is 5.25. The minimum absolute atomic E-state index is 0.226. The van der Waals surface area contributed by atoms with E-state index in [0.717, 1.165) is 49.7 Å². The Morgan fingerprint density at radius 2 is 1.57 bits per heavy atom. The average molecular weight is 565 g/mol. The number of fused-ring (bicyclic) bond motifs is 1. The summed E-state index contributed by atoms with van der Waals surface area (Å²) in [7, 11) is 2.11. The normalized spacial score (nSPS) is 17.5. The summed E-state index contributed by atoms with van der Waals surface area (Å²) in [6.45, 7) is 4.42. The lowest BCUT2D eigenvalue weighted by molar-refractivity contribution is -0.276. The molecular weight excluding hydrogens is 534 g/mol. The van der Waals surface area contributed by atoms with Crippen LogP contribution in [-0.4, -0.2) is 92.8 Å². The maximum atomic E-state index is 15.4. The van der Waals surface area contributed by atoms with E-state index in [2.05, 4.69) is 26.8 Å². The Morgan fingerprint density at radius 1 is 0.850 bits per heavy atom. The Bertz CT molecular complexity index is 1500. The van der Waals surface area contributed by atoms with Gasteiger partial charge in [-0.05, 0) is 42.9 Å². The van der Waals surface area contributed by atoms with Crippen LogP contribution in [0.1, 0.15) is 5.56 Å². The van der Waals surface area contributed by atoms with Crippen molar-refractivity contribution in [2.24, 2.45) is 0 Å². The highest BCUT2D eigenvalue weighted by Crippen LogP contribution is 2.35. The largest absolute Gasteiger partial charge is 0.354 e. The lowest BCUT2D eigenvalue weighted by Gasteiger charge is -2.37. The number of halogens is 2. The summed E-state index contributed by atoms with van der Waals surface area (Å²) in [5, 5.41) is 21.5. The van der Waals surface area contributed by atoms with Gasteiger partial charge in [0.15, 0.2) is 0 Å². The summed E-state index contributed by atoms with van der Waals surface area (Å²) in [6, 6.07) is 11.4. The number of rotatable bonds is 5. The molecule has 0 amide bonds. The van der Waals surface area contributed by atoms with Gasteiger partial charge in [0.25, 0.3) is 5.91 Å². The summed E-state index contributed by atoms with van der Waals surface area (Å²) < 4.78 is 30.7. The number of aromatic nitrogens is 3. The van der Waals surface area contributed by atoms with E-state index in [1.165, 1.54) is 4.90 Å². The fourth-order valence-corrected chi connectivity index (χ4v) is 6.15. The Balaban J connectivity index is 1.33. The van der Waals surface area contributed by atoms with Crippen molar-refractivity contribution in [1.82, 2.24) is 24.8 Å². The molecule has 2 saturated heterocycles. The maximum Gasteiger partial charge on any atom is 0.259 e. The molecule has 208 valence electrons. The van der Waals surface area contributed by atoms with Gasteiger partial charge in [0.1, 0.15) is 17.5 Å². The first-order valence-corrected chi connectivity index (χ1v) is 14.4. The molecule has 2 aromatic heterocycles. The van der Waals surface area contributed by atoms with Crippen LogP contribution in [-0.2, 0) is 5.91 Å². The number of piperazine rings is 1. The van der Waals surface area contributed by atoms with Gasteiger partial charge in [0.2, 0.25) is 0 Å². The number of pyridine rings is 1. The molecule has 4 heterocycles.